The third-order valence-corrected chi connectivity index (χ3v) is 5.64. The Bertz CT molecular complexity index is 884. The van der Waals surface area contributed by atoms with Crippen molar-refractivity contribution >= 4 is 40.8 Å². The average Bonchev–Trinajstić information content (AvgIpc) is 2.93. The highest BCUT2D eigenvalue weighted by Gasteiger charge is 2.31. The van der Waals surface area contributed by atoms with E-state index in [-0.39, 0.29) is 5.91 Å². The van der Waals surface area contributed by atoms with Crippen molar-refractivity contribution in [3.63, 3.8) is 0 Å². The van der Waals surface area contributed by atoms with Gasteiger partial charge in [-0.1, -0.05) is 29.0 Å². The summed E-state index contributed by atoms with van der Waals surface area (Å²) in [6.07, 6.45) is 1.06. The summed E-state index contributed by atoms with van der Waals surface area (Å²) >= 11 is 6.96. The molecular formula is C19H23ClN4O3S. The summed E-state index contributed by atoms with van der Waals surface area (Å²) in [5.41, 5.74) is 1.02. The Morgan fingerprint density at radius 2 is 1.96 bits per heavy atom. The molecule has 0 fully saturated rings. The van der Waals surface area contributed by atoms with Crippen molar-refractivity contribution < 1.29 is 14.3 Å². The molecule has 9 heteroatoms. The van der Waals surface area contributed by atoms with Crippen molar-refractivity contribution in [2.75, 3.05) is 25.5 Å². The van der Waals surface area contributed by atoms with E-state index in [0.29, 0.717) is 15.2 Å². The second-order valence-electron chi connectivity index (χ2n) is 7.26. The largest absolute Gasteiger partial charge is 0.414 e. The maximum Gasteiger partial charge on any atom is 0.414 e. The molecule has 2 amide bonds. The van der Waals surface area contributed by atoms with E-state index in [0.717, 1.165) is 43.0 Å². The smallest absolute Gasteiger partial charge is 0.399 e. The van der Waals surface area contributed by atoms with Crippen LogP contribution in [0.2, 0.25) is 4.34 Å². The molecule has 3 rings (SSSR count). The zero-order valence-corrected chi connectivity index (χ0v) is 17.6. The van der Waals surface area contributed by atoms with Crippen LogP contribution >= 0.6 is 22.9 Å². The van der Waals surface area contributed by atoms with Gasteiger partial charge in [-0.25, -0.2) is 9.78 Å². The molecule has 0 unspecified atom stereocenters. The van der Waals surface area contributed by atoms with Crippen LogP contribution in [0.15, 0.2) is 24.3 Å². The number of hydrogen-bond donors (Lipinski definition) is 2. The minimum Gasteiger partial charge on any atom is -0.399 e. The van der Waals surface area contributed by atoms with Gasteiger partial charge in [0.25, 0.3) is 5.91 Å². The fourth-order valence-electron chi connectivity index (χ4n) is 2.82. The molecule has 1 aliphatic rings. The molecule has 0 aliphatic carbocycles. The van der Waals surface area contributed by atoms with Crippen LogP contribution < -0.4 is 15.4 Å². The van der Waals surface area contributed by atoms with Crippen molar-refractivity contribution in [3.05, 3.63) is 39.9 Å². The Balaban J connectivity index is 1.62. The zero-order chi connectivity index (χ0) is 20.3. The number of thiophene rings is 1. The highest BCUT2D eigenvalue weighted by Crippen LogP contribution is 2.28. The number of nitrogens with zero attached hydrogens (tertiary/aromatic N) is 2. The summed E-state index contributed by atoms with van der Waals surface area (Å²) < 4.78 is 5.67. The van der Waals surface area contributed by atoms with Crippen molar-refractivity contribution in [2.45, 2.75) is 32.2 Å². The summed E-state index contributed by atoms with van der Waals surface area (Å²) in [7, 11) is 2.09. The van der Waals surface area contributed by atoms with E-state index in [1.807, 2.05) is 6.07 Å². The molecule has 0 bridgehead atoms. The van der Waals surface area contributed by atoms with E-state index >= 15 is 0 Å². The minimum absolute atomic E-state index is 0.357. The Morgan fingerprint density at radius 3 is 2.68 bits per heavy atom. The number of likely N-dealkylation sites (N-methyl/N-ethyl adjacent to an activating group) is 1. The van der Waals surface area contributed by atoms with Gasteiger partial charge in [-0.05, 0) is 51.1 Å². The van der Waals surface area contributed by atoms with Gasteiger partial charge in [0.15, 0.2) is 5.06 Å². The molecule has 7 nitrogen and oxygen atoms in total. The molecule has 0 atom stereocenters. The van der Waals surface area contributed by atoms with Crippen LogP contribution in [0.25, 0.3) is 0 Å². The quantitative estimate of drug-likeness (QED) is 0.789. The number of amides is 2. The summed E-state index contributed by atoms with van der Waals surface area (Å²) in [4.78, 5) is 31.6. The number of aromatic nitrogens is 1. The second kappa shape index (κ2) is 8.46. The minimum atomic E-state index is -1.19. The molecule has 2 aromatic rings. The molecule has 0 aromatic carbocycles. The van der Waals surface area contributed by atoms with Crippen LogP contribution in [0, 0.1) is 0 Å². The predicted octanol–water partition coefficient (Wildman–Crippen LogP) is 3.33. The lowest BCUT2D eigenvalue weighted by Crippen LogP contribution is -2.53. The number of nitrogens with one attached hydrogen (secondary N) is 2. The number of anilines is 1. The van der Waals surface area contributed by atoms with Crippen LogP contribution in [0.1, 0.15) is 25.1 Å². The Kier molecular flexibility index (Phi) is 6.22. The summed E-state index contributed by atoms with van der Waals surface area (Å²) in [5.74, 6) is 0.0911. The van der Waals surface area contributed by atoms with Crippen molar-refractivity contribution in [1.82, 2.24) is 15.2 Å². The molecule has 3 heterocycles. The first-order chi connectivity index (χ1) is 13.2. The molecule has 0 radical (unpaired) electrons. The van der Waals surface area contributed by atoms with E-state index in [2.05, 4.69) is 27.6 Å². The molecule has 0 saturated carbocycles. The van der Waals surface area contributed by atoms with Gasteiger partial charge in [0, 0.05) is 25.2 Å². The number of hydrogen-bond acceptors (Lipinski definition) is 6. The van der Waals surface area contributed by atoms with Crippen LogP contribution in [-0.4, -0.2) is 47.6 Å². The van der Waals surface area contributed by atoms with Gasteiger partial charge in [-0.2, -0.15) is 0 Å². The molecule has 2 aromatic heterocycles. The number of halogens is 1. The van der Waals surface area contributed by atoms with E-state index in [1.54, 1.807) is 32.0 Å². The number of ether oxygens (including phenoxy) is 1. The van der Waals surface area contributed by atoms with Gasteiger partial charge in [0.2, 0.25) is 0 Å². The summed E-state index contributed by atoms with van der Waals surface area (Å²) in [6, 6.07) is 7.03. The lowest BCUT2D eigenvalue weighted by Gasteiger charge is -2.24. The lowest BCUT2D eigenvalue weighted by molar-refractivity contribution is -0.121. The third kappa shape index (κ3) is 5.21. The number of carbonyl (C=O) groups is 2. The van der Waals surface area contributed by atoms with E-state index in [9.17, 15) is 9.59 Å². The molecular weight excluding hydrogens is 400 g/mol. The first-order valence-corrected chi connectivity index (χ1v) is 10.2. The topological polar surface area (TPSA) is 83.6 Å². The van der Waals surface area contributed by atoms with E-state index in [4.69, 9.17) is 16.3 Å². The van der Waals surface area contributed by atoms with E-state index in [1.165, 1.54) is 5.56 Å². The number of carbonyl (C=O) groups excluding carboxylic acids is 2. The van der Waals surface area contributed by atoms with Gasteiger partial charge < -0.3 is 20.3 Å². The predicted molar refractivity (Wildman–Crippen MR) is 110 cm³/mol. The van der Waals surface area contributed by atoms with Gasteiger partial charge >= 0.3 is 6.09 Å². The maximum absolute atomic E-state index is 12.7. The Morgan fingerprint density at radius 1 is 1.21 bits per heavy atom. The maximum atomic E-state index is 12.7. The molecule has 150 valence electrons. The summed E-state index contributed by atoms with van der Waals surface area (Å²) in [6.45, 7) is 5.13. The summed E-state index contributed by atoms with van der Waals surface area (Å²) in [5, 5.41) is 5.71. The van der Waals surface area contributed by atoms with Crippen LogP contribution in [0.5, 0.6) is 5.06 Å². The first-order valence-electron chi connectivity index (χ1n) is 8.97. The van der Waals surface area contributed by atoms with Crippen LogP contribution in [-0.2, 0) is 17.6 Å². The normalized spacial score (nSPS) is 14.7. The van der Waals surface area contributed by atoms with Gasteiger partial charge in [-0.3, -0.25) is 4.79 Å². The van der Waals surface area contributed by atoms with Crippen molar-refractivity contribution in [1.29, 1.82) is 0 Å². The van der Waals surface area contributed by atoms with Crippen LogP contribution in [0.4, 0.5) is 10.6 Å². The fraction of sp³-hybridized carbons (Fsp3) is 0.421. The fourth-order valence-corrected chi connectivity index (χ4v) is 3.69. The average molecular weight is 423 g/mol. The highest BCUT2D eigenvalue weighted by atomic mass is 35.5. The zero-order valence-electron chi connectivity index (χ0n) is 16.0. The standard InChI is InChI=1S/C19H23ClN4O3S/c1-19(2,23-18(26)27-16-7-5-14(20)28-16)17(25)22-15-6-4-12-8-10-24(3)11-9-13(12)21-15/h4-7H,8-11H2,1-3H3,(H,23,26)(H,21,22,25). The monoisotopic (exact) mass is 422 g/mol. The second-order valence-corrected chi connectivity index (χ2v) is 8.94. The molecule has 0 spiro atoms. The Labute approximate surface area is 173 Å². The first kappa shape index (κ1) is 20.6. The molecule has 0 saturated heterocycles. The van der Waals surface area contributed by atoms with Gasteiger partial charge in [-0.15, -0.1) is 0 Å². The molecule has 2 N–H and O–H groups in total. The molecule has 28 heavy (non-hydrogen) atoms. The van der Waals surface area contributed by atoms with Crippen LogP contribution in [0.3, 0.4) is 0 Å². The van der Waals surface area contributed by atoms with Gasteiger partial charge in [0.05, 0.1) is 4.34 Å². The number of rotatable bonds is 4. The highest BCUT2D eigenvalue weighted by molar-refractivity contribution is 7.17. The van der Waals surface area contributed by atoms with Crippen molar-refractivity contribution in [2.24, 2.45) is 0 Å². The SMILES string of the molecule is CN1CCc2ccc(NC(=O)C(C)(C)NC(=O)Oc3ccc(Cl)s3)nc2CC1. The Hall–Kier alpha value is -2.16. The van der Waals surface area contributed by atoms with Gasteiger partial charge in [0.1, 0.15) is 11.4 Å². The lowest BCUT2D eigenvalue weighted by atomic mass is 10.0. The molecule has 1 aliphatic heterocycles. The van der Waals surface area contributed by atoms with Crippen molar-refractivity contribution in [3.8, 4) is 5.06 Å². The number of pyridine rings is 1. The third-order valence-electron chi connectivity index (χ3n) is 4.53. The number of fused-ring (bicyclic) bond motifs is 1. The van der Waals surface area contributed by atoms with E-state index < -0.39 is 11.6 Å².